The van der Waals surface area contributed by atoms with Crippen LogP contribution in [0.3, 0.4) is 0 Å². The average Bonchev–Trinajstić information content (AvgIpc) is 3.31. The summed E-state index contributed by atoms with van der Waals surface area (Å²) < 4.78 is 34.5. The molecule has 1 saturated heterocycles. The van der Waals surface area contributed by atoms with E-state index in [1.165, 1.54) is 11.1 Å². The first-order valence-corrected chi connectivity index (χ1v) is 14.2. The van der Waals surface area contributed by atoms with Crippen molar-refractivity contribution in [1.29, 1.82) is 0 Å². The monoisotopic (exact) mass is 474 g/mol. The number of carbonyl (C=O) groups excluding carboxylic acids is 1. The van der Waals surface area contributed by atoms with E-state index in [9.17, 15) is 13.2 Å². The third-order valence-corrected chi connectivity index (χ3v) is 12.0. The zero-order valence-corrected chi connectivity index (χ0v) is 21.0. The minimum absolute atomic E-state index is 0.115. The van der Waals surface area contributed by atoms with Gasteiger partial charge in [-0.25, -0.2) is 17.5 Å². The number of benzene rings is 1. The molecule has 1 spiro atoms. The molecule has 7 heteroatoms. The molecule has 33 heavy (non-hydrogen) atoms. The van der Waals surface area contributed by atoms with Crippen molar-refractivity contribution in [3.63, 3.8) is 0 Å². The van der Waals surface area contributed by atoms with Crippen molar-refractivity contribution in [3.8, 4) is 0 Å². The lowest BCUT2D eigenvalue weighted by molar-refractivity contribution is 0.105. The Morgan fingerprint density at radius 3 is 2.58 bits per heavy atom. The maximum absolute atomic E-state index is 13.8. The molecule has 1 aliphatic heterocycles. The van der Waals surface area contributed by atoms with E-state index in [1.54, 1.807) is 11.2 Å². The standard InChI is InChI=1S/C26H38N2O4S/c1-4-32-23(29)27-22-17-20-10-12-26(22,24(20,2)3)18-33(30,31)28-15-13-25(14-16-28)11-9-19-7-5-6-8-21(19)25/h5-8,20,22H,4,9-18H2,1-3H3,(H,27,29)/t20?,22?,26-/m1/s1. The van der Waals surface area contributed by atoms with Gasteiger partial charge in [0.05, 0.1) is 12.4 Å². The van der Waals surface area contributed by atoms with Crippen molar-refractivity contribution in [2.24, 2.45) is 16.7 Å². The number of rotatable bonds is 5. The zero-order valence-electron chi connectivity index (χ0n) is 20.2. The van der Waals surface area contributed by atoms with Crippen LogP contribution in [-0.2, 0) is 26.6 Å². The Hall–Kier alpha value is -1.60. The van der Waals surface area contributed by atoms with Crippen LogP contribution >= 0.6 is 0 Å². The lowest BCUT2D eigenvalue weighted by Crippen LogP contribution is -2.55. The number of hydrogen-bond donors (Lipinski definition) is 1. The number of alkyl carbamates (subject to hydrolysis) is 1. The van der Waals surface area contributed by atoms with Crippen LogP contribution in [0.2, 0.25) is 0 Å². The fraction of sp³-hybridized carbons (Fsp3) is 0.731. The summed E-state index contributed by atoms with van der Waals surface area (Å²) in [5, 5.41) is 3.04. The molecule has 0 radical (unpaired) electrons. The van der Waals surface area contributed by atoms with Crippen LogP contribution in [0, 0.1) is 16.7 Å². The maximum Gasteiger partial charge on any atom is 0.407 e. The third-order valence-electron chi connectivity index (χ3n) is 9.97. The number of ether oxygens (including phenoxy) is 1. The number of fused-ring (bicyclic) bond motifs is 4. The molecule has 1 heterocycles. The Kier molecular flexibility index (Phi) is 5.60. The van der Waals surface area contributed by atoms with Gasteiger partial charge in [0.1, 0.15) is 0 Å². The number of carbonyl (C=O) groups is 1. The van der Waals surface area contributed by atoms with E-state index in [0.29, 0.717) is 25.6 Å². The number of sulfonamides is 1. The molecule has 182 valence electrons. The van der Waals surface area contributed by atoms with E-state index in [0.717, 1.165) is 44.9 Å². The summed E-state index contributed by atoms with van der Waals surface area (Å²) in [7, 11) is -3.45. The summed E-state index contributed by atoms with van der Waals surface area (Å²) >= 11 is 0. The van der Waals surface area contributed by atoms with Gasteiger partial charge in [0.15, 0.2) is 0 Å². The molecule has 4 aliphatic rings. The van der Waals surface area contributed by atoms with Gasteiger partial charge in [-0.15, -0.1) is 0 Å². The van der Waals surface area contributed by atoms with Crippen LogP contribution in [0.15, 0.2) is 24.3 Å². The summed E-state index contributed by atoms with van der Waals surface area (Å²) in [5.74, 6) is 0.545. The van der Waals surface area contributed by atoms with Crippen molar-refractivity contribution in [2.45, 2.75) is 77.2 Å². The molecule has 0 aromatic heterocycles. The van der Waals surface area contributed by atoms with E-state index in [2.05, 4.69) is 43.4 Å². The third kappa shape index (κ3) is 3.53. The molecule has 5 rings (SSSR count). The van der Waals surface area contributed by atoms with E-state index < -0.39 is 21.5 Å². The second-order valence-corrected chi connectivity index (χ2v) is 13.3. The number of nitrogens with one attached hydrogen (secondary N) is 1. The summed E-state index contributed by atoms with van der Waals surface area (Å²) in [6, 6.07) is 8.54. The molecule has 3 atom stereocenters. The van der Waals surface area contributed by atoms with E-state index in [4.69, 9.17) is 4.74 Å². The van der Waals surface area contributed by atoms with E-state index >= 15 is 0 Å². The lowest BCUT2D eigenvalue weighted by Gasteiger charge is -2.45. The lowest BCUT2D eigenvalue weighted by atomic mass is 9.69. The Bertz CT molecular complexity index is 1030. The van der Waals surface area contributed by atoms with E-state index in [1.807, 2.05) is 0 Å². The fourth-order valence-electron chi connectivity index (χ4n) is 7.83. The van der Waals surface area contributed by atoms with Crippen LogP contribution in [0.5, 0.6) is 0 Å². The van der Waals surface area contributed by atoms with Crippen molar-refractivity contribution in [2.75, 3.05) is 25.4 Å². The number of hydrogen-bond acceptors (Lipinski definition) is 4. The minimum Gasteiger partial charge on any atom is -0.450 e. The number of amides is 1. The van der Waals surface area contributed by atoms with Gasteiger partial charge in [0.25, 0.3) is 0 Å². The van der Waals surface area contributed by atoms with Crippen LogP contribution in [0.4, 0.5) is 4.79 Å². The van der Waals surface area contributed by atoms with Crippen LogP contribution in [0.1, 0.15) is 70.4 Å². The van der Waals surface area contributed by atoms with Crippen LogP contribution < -0.4 is 5.32 Å². The fourth-order valence-corrected chi connectivity index (χ4v) is 10.1. The summed E-state index contributed by atoms with van der Waals surface area (Å²) in [5.41, 5.74) is 2.43. The average molecular weight is 475 g/mol. The topological polar surface area (TPSA) is 75.7 Å². The number of piperidine rings is 1. The van der Waals surface area contributed by atoms with Crippen molar-refractivity contribution < 1.29 is 17.9 Å². The smallest absolute Gasteiger partial charge is 0.407 e. The number of nitrogens with zero attached hydrogens (tertiary/aromatic N) is 1. The molecule has 1 aromatic rings. The van der Waals surface area contributed by atoms with Gasteiger partial charge >= 0.3 is 6.09 Å². The molecule has 1 aromatic carbocycles. The van der Waals surface area contributed by atoms with Gasteiger partial charge in [-0.3, -0.25) is 0 Å². The molecule has 2 saturated carbocycles. The van der Waals surface area contributed by atoms with Gasteiger partial charge < -0.3 is 10.1 Å². The van der Waals surface area contributed by atoms with Gasteiger partial charge in [-0.05, 0) is 79.7 Å². The first-order valence-electron chi connectivity index (χ1n) is 12.6. The highest BCUT2D eigenvalue weighted by Gasteiger charge is 2.66. The molecule has 1 N–H and O–H groups in total. The normalized spacial score (nSPS) is 32.1. The summed E-state index contributed by atoms with van der Waals surface area (Å²) in [6.07, 6.45) is 6.30. The predicted molar refractivity (Wildman–Crippen MR) is 129 cm³/mol. The Balaban J connectivity index is 1.34. The van der Waals surface area contributed by atoms with Gasteiger partial charge in [0.2, 0.25) is 10.0 Å². The molecular weight excluding hydrogens is 436 g/mol. The van der Waals surface area contributed by atoms with Crippen molar-refractivity contribution in [3.05, 3.63) is 35.4 Å². The highest BCUT2D eigenvalue weighted by molar-refractivity contribution is 7.89. The second-order valence-electron chi connectivity index (χ2n) is 11.4. The number of aryl methyl sites for hydroxylation is 1. The first-order chi connectivity index (χ1) is 15.6. The van der Waals surface area contributed by atoms with Crippen molar-refractivity contribution in [1.82, 2.24) is 9.62 Å². The summed E-state index contributed by atoms with van der Waals surface area (Å²) in [6.45, 7) is 7.69. The molecular formula is C26H38N2O4S. The highest BCUT2D eigenvalue weighted by atomic mass is 32.2. The molecule has 2 bridgehead atoms. The van der Waals surface area contributed by atoms with Gasteiger partial charge in [-0.2, -0.15) is 0 Å². The second kappa shape index (κ2) is 7.98. The molecule has 6 nitrogen and oxygen atoms in total. The first kappa shape index (κ1) is 23.2. The summed E-state index contributed by atoms with van der Waals surface area (Å²) in [4.78, 5) is 12.2. The van der Waals surface area contributed by atoms with Crippen LogP contribution in [0.25, 0.3) is 0 Å². The van der Waals surface area contributed by atoms with Crippen molar-refractivity contribution >= 4 is 16.1 Å². The quantitative estimate of drug-likeness (QED) is 0.693. The minimum atomic E-state index is -3.45. The van der Waals surface area contributed by atoms with Gasteiger partial charge in [-0.1, -0.05) is 38.1 Å². The molecule has 1 amide bonds. The van der Waals surface area contributed by atoms with Gasteiger partial charge in [0, 0.05) is 24.5 Å². The maximum atomic E-state index is 13.8. The molecule has 3 aliphatic carbocycles. The van der Waals surface area contributed by atoms with Crippen LogP contribution in [-0.4, -0.2) is 50.3 Å². The van der Waals surface area contributed by atoms with E-state index in [-0.39, 0.29) is 22.6 Å². The Labute approximate surface area is 198 Å². The zero-order chi connectivity index (χ0) is 23.5. The molecule has 2 unspecified atom stereocenters. The Morgan fingerprint density at radius 2 is 1.88 bits per heavy atom. The Morgan fingerprint density at radius 1 is 1.15 bits per heavy atom. The highest BCUT2D eigenvalue weighted by Crippen LogP contribution is 2.66. The predicted octanol–water partition coefficient (Wildman–Crippen LogP) is 4.24. The SMILES string of the molecule is CCOC(=O)NC1CC2CC[C@]1(CS(=O)(=O)N1CCC3(CCc4ccccc43)CC1)C2(C)C. The largest absolute Gasteiger partial charge is 0.450 e. The molecule has 3 fully saturated rings.